The van der Waals surface area contributed by atoms with Crippen LogP contribution >= 0.6 is 0 Å². The van der Waals surface area contributed by atoms with Crippen LogP contribution in [0, 0.1) is 0 Å². The number of nitrogens with zero attached hydrogens (tertiary/aromatic N) is 3. The van der Waals surface area contributed by atoms with Gasteiger partial charge in [0.05, 0.1) is 0 Å². The minimum Gasteiger partial charge on any atom is -0.373 e. The van der Waals surface area contributed by atoms with Crippen molar-refractivity contribution in [3.05, 3.63) is 11.9 Å². The lowest BCUT2D eigenvalue weighted by molar-refractivity contribution is -0.130. The van der Waals surface area contributed by atoms with E-state index in [0.29, 0.717) is 13.0 Å². The number of amides is 1. The number of nitrogens with one attached hydrogen (secondary N) is 2. The molecule has 0 unspecified atom stereocenters. The minimum absolute atomic E-state index is 0.168. The summed E-state index contributed by atoms with van der Waals surface area (Å²) in [6.07, 6.45) is 1.25. The Hall–Kier alpha value is -1.85. The SMILES string of the molecule is CCc1nc(NC)cc(NCCC(=O)N(CC)CC)n1. The van der Waals surface area contributed by atoms with E-state index in [1.807, 2.05) is 38.8 Å². The Morgan fingerprint density at radius 3 is 2.40 bits per heavy atom. The highest BCUT2D eigenvalue weighted by molar-refractivity contribution is 5.76. The molecular weight excluding hydrogens is 254 g/mol. The van der Waals surface area contributed by atoms with Crippen LogP contribution in [0.25, 0.3) is 0 Å². The summed E-state index contributed by atoms with van der Waals surface area (Å²) >= 11 is 0. The van der Waals surface area contributed by atoms with Crippen molar-refractivity contribution in [3.63, 3.8) is 0 Å². The predicted molar refractivity (Wildman–Crippen MR) is 82.0 cm³/mol. The normalized spacial score (nSPS) is 10.2. The molecule has 0 fully saturated rings. The van der Waals surface area contributed by atoms with Crippen molar-refractivity contribution in [1.29, 1.82) is 0 Å². The molecule has 0 saturated carbocycles. The lowest BCUT2D eigenvalue weighted by atomic mass is 10.3. The smallest absolute Gasteiger partial charge is 0.224 e. The van der Waals surface area contributed by atoms with Gasteiger partial charge in [0, 0.05) is 45.6 Å². The predicted octanol–water partition coefficient (Wildman–Crippen LogP) is 1.75. The van der Waals surface area contributed by atoms with Gasteiger partial charge in [-0.05, 0) is 13.8 Å². The Bertz CT molecular complexity index is 409. The highest BCUT2D eigenvalue weighted by Crippen LogP contribution is 2.11. The molecule has 0 aliphatic carbocycles. The molecule has 0 radical (unpaired) electrons. The lowest BCUT2D eigenvalue weighted by Crippen LogP contribution is -2.31. The van der Waals surface area contributed by atoms with E-state index in [2.05, 4.69) is 20.6 Å². The molecule has 1 heterocycles. The first-order chi connectivity index (χ1) is 9.64. The number of carbonyl (C=O) groups excluding carboxylic acids is 1. The Balaban J connectivity index is 2.55. The summed E-state index contributed by atoms with van der Waals surface area (Å²) in [6, 6.07) is 1.85. The van der Waals surface area contributed by atoms with E-state index in [1.165, 1.54) is 0 Å². The third-order valence-corrected chi connectivity index (χ3v) is 3.11. The summed E-state index contributed by atoms with van der Waals surface area (Å²) in [7, 11) is 1.83. The van der Waals surface area contributed by atoms with Gasteiger partial charge in [-0.15, -0.1) is 0 Å². The highest BCUT2D eigenvalue weighted by atomic mass is 16.2. The highest BCUT2D eigenvalue weighted by Gasteiger charge is 2.09. The molecule has 0 saturated heterocycles. The van der Waals surface area contributed by atoms with Gasteiger partial charge in [0.2, 0.25) is 5.91 Å². The van der Waals surface area contributed by atoms with Crippen molar-refractivity contribution in [3.8, 4) is 0 Å². The molecule has 20 heavy (non-hydrogen) atoms. The maximum absolute atomic E-state index is 11.9. The lowest BCUT2D eigenvalue weighted by Gasteiger charge is -2.18. The Kier molecular flexibility index (Phi) is 6.76. The summed E-state index contributed by atoms with van der Waals surface area (Å²) < 4.78 is 0. The Labute approximate surface area is 121 Å². The zero-order valence-electron chi connectivity index (χ0n) is 12.9. The fourth-order valence-corrected chi connectivity index (χ4v) is 1.91. The van der Waals surface area contributed by atoms with E-state index in [1.54, 1.807) is 0 Å². The molecule has 0 aliphatic heterocycles. The minimum atomic E-state index is 0.168. The fraction of sp³-hybridized carbons (Fsp3) is 0.643. The third-order valence-electron chi connectivity index (χ3n) is 3.11. The molecule has 0 aromatic carbocycles. The second-order valence-corrected chi connectivity index (χ2v) is 4.40. The topological polar surface area (TPSA) is 70.2 Å². The Morgan fingerprint density at radius 2 is 1.85 bits per heavy atom. The van der Waals surface area contributed by atoms with Crippen LogP contribution in [0.15, 0.2) is 6.07 Å². The maximum atomic E-state index is 11.9. The van der Waals surface area contributed by atoms with Gasteiger partial charge >= 0.3 is 0 Å². The molecule has 112 valence electrons. The third kappa shape index (κ3) is 4.68. The first-order valence-corrected chi connectivity index (χ1v) is 7.21. The van der Waals surface area contributed by atoms with E-state index < -0.39 is 0 Å². The summed E-state index contributed by atoms with van der Waals surface area (Å²) in [4.78, 5) is 22.4. The monoisotopic (exact) mass is 279 g/mol. The van der Waals surface area contributed by atoms with Crippen molar-refractivity contribution in [2.24, 2.45) is 0 Å². The molecule has 1 rings (SSSR count). The summed E-state index contributed by atoms with van der Waals surface area (Å²) in [5, 5.41) is 6.20. The van der Waals surface area contributed by atoms with Crippen LogP contribution in [-0.4, -0.2) is 47.5 Å². The van der Waals surface area contributed by atoms with Gasteiger partial charge in [0.15, 0.2) is 0 Å². The number of hydrogen-bond donors (Lipinski definition) is 2. The van der Waals surface area contributed by atoms with E-state index >= 15 is 0 Å². The molecule has 0 spiro atoms. The van der Waals surface area contributed by atoms with E-state index in [4.69, 9.17) is 0 Å². The van der Waals surface area contributed by atoms with Gasteiger partial charge in [0.1, 0.15) is 17.5 Å². The van der Waals surface area contributed by atoms with Gasteiger partial charge in [-0.1, -0.05) is 6.92 Å². The van der Waals surface area contributed by atoms with Gasteiger partial charge in [-0.3, -0.25) is 4.79 Å². The van der Waals surface area contributed by atoms with E-state index in [0.717, 1.165) is 37.0 Å². The number of hydrogen-bond acceptors (Lipinski definition) is 5. The summed E-state index contributed by atoms with van der Waals surface area (Å²) in [5.41, 5.74) is 0. The van der Waals surface area contributed by atoms with Crippen molar-refractivity contribution < 1.29 is 4.79 Å². The molecule has 1 aromatic heterocycles. The van der Waals surface area contributed by atoms with Crippen molar-refractivity contribution >= 4 is 17.5 Å². The van der Waals surface area contributed by atoms with Crippen LogP contribution in [0.1, 0.15) is 33.0 Å². The van der Waals surface area contributed by atoms with Gasteiger partial charge in [-0.25, -0.2) is 9.97 Å². The van der Waals surface area contributed by atoms with Crippen LogP contribution < -0.4 is 10.6 Å². The Morgan fingerprint density at radius 1 is 1.20 bits per heavy atom. The zero-order chi connectivity index (χ0) is 15.0. The standard InChI is InChI=1S/C14H25N5O/c1-5-11-17-12(15-4)10-13(18-11)16-9-8-14(20)19(6-2)7-3/h10H,5-9H2,1-4H3,(H2,15,16,17,18). The molecule has 0 atom stereocenters. The quantitative estimate of drug-likeness (QED) is 0.758. The zero-order valence-corrected chi connectivity index (χ0v) is 12.9. The second-order valence-electron chi connectivity index (χ2n) is 4.40. The van der Waals surface area contributed by atoms with E-state index in [-0.39, 0.29) is 5.91 Å². The first kappa shape index (κ1) is 16.2. The van der Waals surface area contributed by atoms with E-state index in [9.17, 15) is 4.79 Å². The largest absolute Gasteiger partial charge is 0.373 e. The average molecular weight is 279 g/mol. The maximum Gasteiger partial charge on any atom is 0.224 e. The molecule has 0 aliphatic rings. The molecule has 1 aromatic rings. The van der Waals surface area contributed by atoms with Crippen LogP contribution in [0.5, 0.6) is 0 Å². The summed E-state index contributed by atoms with van der Waals surface area (Å²) in [6.45, 7) is 8.10. The first-order valence-electron chi connectivity index (χ1n) is 7.21. The number of carbonyl (C=O) groups is 1. The van der Waals surface area contributed by atoms with Gasteiger partial charge in [0.25, 0.3) is 0 Å². The number of aryl methyl sites for hydroxylation is 1. The van der Waals surface area contributed by atoms with Crippen molar-refractivity contribution in [2.45, 2.75) is 33.6 Å². The average Bonchev–Trinajstić information content (AvgIpc) is 2.48. The van der Waals surface area contributed by atoms with Crippen LogP contribution in [0.2, 0.25) is 0 Å². The summed E-state index contributed by atoms with van der Waals surface area (Å²) in [5.74, 6) is 2.50. The van der Waals surface area contributed by atoms with Gasteiger partial charge < -0.3 is 15.5 Å². The molecule has 1 amide bonds. The molecule has 6 heteroatoms. The van der Waals surface area contributed by atoms with Crippen LogP contribution in [-0.2, 0) is 11.2 Å². The van der Waals surface area contributed by atoms with Gasteiger partial charge in [-0.2, -0.15) is 0 Å². The number of aromatic nitrogens is 2. The number of anilines is 2. The fourth-order valence-electron chi connectivity index (χ4n) is 1.91. The van der Waals surface area contributed by atoms with Crippen molar-refractivity contribution in [1.82, 2.24) is 14.9 Å². The van der Waals surface area contributed by atoms with Crippen molar-refractivity contribution in [2.75, 3.05) is 37.3 Å². The van der Waals surface area contributed by atoms with Crippen LogP contribution in [0.3, 0.4) is 0 Å². The second kappa shape index (κ2) is 8.35. The molecular formula is C14H25N5O. The molecule has 6 nitrogen and oxygen atoms in total. The van der Waals surface area contributed by atoms with Crippen LogP contribution in [0.4, 0.5) is 11.6 Å². The number of rotatable bonds is 8. The molecule has 2 N–H and O–H groups in total. The molecule has 0 bridgehead atoms.